The summed E-state index contributed by atoms with van der Waals surface area (Å²) in [6.07, 6.45) is 5.38. The molecule has 3 heterocycles. The number of aliphatic carboxylic acids is 1. The van der Waals surface area contributed by atoms with Crippen molar-refractivity contribution in [1.29, 1.82) is 5.41 Å². The molecule has 174 valence electrons. The largest absolute Gasteiger partial charge is 1.00 e. The van der Waals surface area contributed by atoms with Crippen molar-refractivity contribution < 1.29 is 39.5 Å². The van der Waals surface area contributed by atoms with Crippen LogP contribution in [-0.2, 0) is 17.8 Å². The summed E-state index contributed by atoms with van der Waals surface area (Å²) in [6.45, 7) is 2.78. The van der Waals surface area contributed by atoms with Crippen LogP contribution in [0, 0.1) is 10.8 Å². The Balaban J connectivity index is 0.00000181. The van der Waals surface area contributed by atoms with Gasteiger partial charge in [-0.25, -0.2) is 0 Å². The second kappa shape index (κ2) is 10.7. The van der Waals surface area contributed by atoms with Crippen LogP contribution in [0.2, 0.25) is 0 Å². The SMILES string of the molecule is N=C(N)N1CCc2ccc(OCC3(C(=O)O)CCN(c4ccncc4)CC3)cc2C1.[Cl-].[Cl-]. The Bertz CT molecular complexity index is 936. The number of guanidine groups is 1. The summed E-state index contributed by atoms with van der Waals surface area (Å²) in [6, 6.07) is 9.78. The van der Waals surface area contributed by atoms with Crippen LogP contribution < -0.4 is 40.2 Å². The van der Waals surface area contributed by atoms with Crippen molar-refractivity contribution in [3.63, 3.8) is 0 Å². The molecule has 2 aromatic rings. The van der Waals surface area contributed by atoms with Crippen molar-refractivity contribution in [2.24, 2.45) is 11.1 Å². The molecule has 0 unspecified atom stereocenters. The summed E-state index contributed by atoms with van der Waals surface area (Å²) in [5.41, 5.74) is 8.09. The zero-order valence-electron chi connectivity index (χ0n) is 17.6. The van der Waals surface area contributed by atoms with E-state index >= 15 is 0 Å². The van der Waals surface area contributed by atoms with Gasteiger partial charge in [0.2, 0.25) is 0 Å². The van der Waals surface area contributed by atoms with E-state index in [2.05, 4.69) is 9.88 Å². The fourth-order valence-corrected chi connectivity index (χ4v) is 4.22. The number of carboxylic acid groups (broad SMARTS) is 1. The van der Waals surface area contributed by atoms with Crippen LogP contribution in [0.5, 0.6) is 5.75 Å². The van der Waals surface area contributed by atoms with E-state index in [1.165, 1.54) is 5.56 Å². The van der Waals surface area contributed by atoms with Crippen LogP contribution in [0.1, 0.15) is 24.0 Å². The van der Waals surface area contributed by atoms with Gasteiger partial charge in [0.05, 0.1) is 0 Å². The number of nitrogens with zero attached hydrogens (tertiary/aromatic N) is 3. The quantitative estimate of drug-likeness (QED) is 0.296. The number of ether oxygens (including phenoxy) is 1. The van der Waals surface area contributed by atoms with Gasteiger partial charge in [-0.3, -0.25) is 15.2 Å². The molecular weight excluding hydrogens is 453 g/mol. The molecule has 32 heavy (non-hydrogen) atoms. The Morgan fingerprint density at radius 3 is 2.44 bits per heavy atom. The Kier molecular flexibility index (Phi) is 8.58. The first-order chi connectivity index (χ1) is 14.5. The van der Waals surface area contributed by atoms with Gasteiger partial charge in [-0.15, -0.1) is 0 Å². The maximum atomic E-state index is 12.1. The summed E-state index contributed by atoms with van der Waals surface area (Å²) in [4.78, 5) is 20.2. The lowest BCUT2D eigenvalue weighted by Crippen LogP contribution is -3.00. The number of carbonyl (C=O) groups is 1. The average molecular weight is 480 g/mol. The molecule has 0 spiro atoms. The van der Waals surface area contributed by atoms with Crippen molar-refractivity contribution in [2.45, 2.75) is 25.8 Å². The fourth-order valence-electron chi connectivity index (χ4n) is 4.22. The van der Waals surface area contributed by atoms with Crippen LogP contribution in [0.25, 0.3) is 0 Å². The number of aromatic nitrogens is 1. The van der Waals surface area contributed by atoms with Crippen molar-refractivity contribution in [3.05, 3.63) is 53.9 Å². The Morgan fingerprint density at radius 2 is 1.81 bits per heavy atom. The van der Waals surface area contributed by atoms with E-state index in [1.54, 1.807) is 12.4 Å². The maximum Gasteiger partial charge on any atom is 0.313 e. The standard InChI is InChI=1S/C22H27N5O3.2ClH/c23-21(24)27-10-5-16-1-2-19(13-17(16)14-27)30-15-22(20(28)29)6-11-26(12-7-22)18-3-8-25-9-4-18;;/h1-4,8-9,13H,5-7,10-12,14-15H2,(H3,23,24)(H,28,29);2*1H/p-2. The van der Waals surface area contributed by atoms with Gasteiger partial charge in [0, 0.05) is 44.3 Å². The number of rotatable bonds is 5. The van der Waals surface area contributed by atoms with Crippen molar-refractivity contribution >= 4 is 17.6 Å². The number of carboxylic acids is 1. The van der Waals surface area contributed by atoms with Crippen LogP contribution in [0.3, 0.4) is 0 Å². The lowest BCUT2D eigenvalue weighted by molar-refractivity contribution is -0.152. The monoisotopic (exact) mass is 479 g/mol. The van der Waals surface area contributed by atoms with Gasteiger partial charge in [-0.2, -0.15) is 0 Å². The van der Waals surface area contributed by atoms with Crippen molar-refractivity contribution in [1.82, 2.24) is 9.88 Å². The fraction of sp³-hybridized carbons (Fsp3) is 0.409. The summed E-state index contributed by atoms with van der Waals surface area (Å²) in [5.74, 6) is -0.0771. The Morgan fingerprint density at radius 1 is 1.12 bits per heavy atom. The number of nitrogens with one attached hydrogen (secondary N) is 1. The van der Waals surface area contributed by atoms with E-state index in [-0.39, 0.29) is 37.4 Å². The number of benzene rings is 1. The number of nitrogens with two attached hydrogens (primary N) is 1. The first-order valence-electron chi connectivity index (χ1n) is 10.2. The smallest absolute Gasteiger partial charge is 0.313 e. The highest BCUT2D eigenvalue weighted by Gasteiger charge is 2.42. The van der Waals surface area contributed by atoms with Gasteiger partial charge in [0.1, 0.15) is 17.8 Å². The molecule has 0 aliphatic carbocycles. The number of hydrogen-bond acceptors (Lipinski definition) is 5. The molecular formula is C22H27Cl2N5O3-2. The second-order valence-electron chi connectivity index (χ2n) is 8.05. The average Bonchev–Trinajstić information content (AvgIpc) is 2.78. The lowest BCUT2D eigenvalue weighted by atomic mass is 9.79. The molecule has 0 bridgehead atoms. The molecule has 0 saturated carbocycles. The number of hydrogen-bond donors (Lipinski definition) is 3. The number of piperidine rings is 1. The number of halogens is 2. The maximum absolute atomic E-state index is 12.1. The van der Waals surface area contributed by atoms with Gasteiger partial charge in [-0.1, -0.05) is 6.07 Å². The molecule has 4 rings (SSSR count). The molecule has 2 aliphatic heterocycles. The van der Waals surface area contributed by atoms with Gasteiger partial charge in [0.25, 0.3) is 0 Å². The normalized spacial score (nSPS) is 16.8. The summed E-state index contributed by atoms with van der Waals surface area (Å²) < 4.78 is 6.00. The van der Waals surface area contributed by atoms with Gasteiger partial charge in [0.15, 0.2) is 5.96 Å². The van der Waals surface area contributed by atoms with E-state index in [0.717, 1.165) is 24.2 Å². The molecule has 0 radical (unpaired) electrons. The first-order valence-corrected chi connectivity index (χ1v) is 10.2. The van der Waals surface area contributed by atoms with Gasteiger partial charge < -0.3 is 50.2 Å². The topological polar surface area (TPSA) is 116 Å². The molecule has 1 saturated heterocycles. The Labute approximate surface area is 200 Å². The minimum absolute atomic E-state index is 0. The van der Waals surface area contributed by atoms with Gasteiger partial charge in [-0.05, 0) is 54.7 Å². The van der Waals surface area contributed by atoms with E-state index in [1.807, 2.05) is 35.2 Å². The first kappa shape index (κ1) is 25.5. The molecule has 0 amide bonds. The molecule has 8 nitrogen and oxygen atoms in total. The third-order valence-electron chi connectivity index (χ3n) is 6.25. The summed E-state index contributed by atoms with van der Waals surface area (Å²) in [5, 5.41) is 17.6. The lowest BCUT2D eigenvalue weighted by Gasteiger charge is -2.39. The van der Waals surface area contributed by atoms with E-state index in [4.69, 9.17) is 15.9 Å². The third-order valence-corrected chi connectivity index (χ3v) is 6.25. The minimum Gasteiger partial charge on any atom is -1.00 e. The molecule has 1 aromatic carbocycles. The number of pyridine rings is 1. The highest BCUT2D eigenvalue weighted by atomic mass is 35.5. The second-order valence-corrected chi connectivity index (χ2v) is 8.05. The zero-order valence-corrected chi connectivity index (χ0v) is 19.1. The van der Waals surface area contributed by atoms with Crippen molar-refractivity contribution in [2.75, 3.05) is 31.1 Å². The van der Waals surface area contributed by atoms with Gasteiger partial charge >= 0.3 is 5.97 Å². The molecule has 4 N–H and O–H groups in total. The summed E-state index contributed by atoms with van der Waals surface area (Å²) in [7, 11) is 0. The summed E-state index contributed by atoms with van der Waals surface area (Å²) >= 11 is 0. The van der Waals surface area contributed by atoms with Crippen LogP contribution in [-0.4, -0.2) is 53.2 Å². The highest BCUT2D eigenvalue weighted by Crippen LogP contribution is 2.35. The van der Waals surface area contributed by atoms with Crippen LogP contribution >= 0.6 is 0 Å². The molecule has 0 atom stereocenters. The number of fused-ring (bicyclic) bond motifs is 1. The third kappa shape index (κ3) is 5.37. The van der Waals surface area contributed by atoms with Crippen molar-refractivity contribution in [3.8, 4) is 5.75 Å². The molecule has 1 aromatic heterocycles. The van der Waals surface area contributed by atoms with Crippen LogP contribution in [0.4, 0.5) is 5.69 Å². The number of anilines is 1. The zero-order chi connectivity index (χ0) is 21.1. The minimum atomic E-state index is -0.898. The Hall–Kier alpha value is -2.71. The molecule has 2 aliphatic rings. The molecule has 10 heteroatoms. The van der Waals surface area contributed by atoms with E-state index < -0.39 is 11.4 Å². The van der Waals surface area contributed by atoms with Crippen LogP contribution in [0.15, 0.2) is 42.7 Å². The molecule has 1 fully saturated rings. The predicted octanol–water partition coefficient (Wildman–Crippen LogP) is -3.91. The van der Waals surface area contributed by atoms with E-state index in [0.29, 0.717) is 38.2 Å². The highest BCUT2D eigenvalue weighted by molar-refractivity contribution is 5.76. The van der Waals surface area contributed by atoms with E-state index in [9.17, 15) is 9.90 Å². The predicted molar refractivity (Wildman–Crippen MR) is 114 cm³/mol.